The summed E-state index contributed by atoms with van der Waals surface area (Å²) >= 11 is 0. The molecule has 2 aromatic rings. The Kier molecular flexibility index (Phi) is 6.48. The van der Waals surface area contributed by atoms with E-state index in [1.54, 1.807) is 0 Å². The SMILES string of the molecule is CC(=O)Nc1ccc(OCCCCCCn2ccnc2)cc1. The highest BCUT2D eigenvalue weighted by atomic mass is 16.5. The Bertz CT molecular complexity index is 550. The Morgan fingerprint density at radius 1 is 1.18 bits per heavy atom. The summed E-state index contributed by atoms with van der Waals surface area (Å²) in [7, 11) is 0. The molecule has 1 amide bonds. The second-order valence-electron chi connectivity index (χ2n) is 5.27. The summed E-state index contributed by atoms with van der Waals surface area (Å²) in [6.45, 7) is 3.26. The number of unbranched alkanes of at least 4 members (excludes halogenated alkanes) is 3. The lowest BCUT2D eigenvalue weighted by Crippen LogP contribution is -2.05. The van der Waals surface area contributed by atoms with Crippen LogP contribution in [0.25, 0.3) is 0 Å². The number of amides is 1. The molecule has 0 radical (unpaired) electrons. The first kappa shape index (κ1) is 16.1. The lowest BCUT2D eigenvalue weighted by molar-refractivity contribution is -0.114. The van der Waals surface area contributed by atoms with Gasteiger partial charge in [0.15, 0.2) is 0 Å². The van der Waals surface area contributed by atoms with Crippen LogP contribution in [0.3, 0.4) is 0 Å². The molecule has 0 aliphatic heterocycles. The fourth-order valence-corrected chi connectivity index (χ4v) is 2.20. The van der Waals surface area contributed by atoms with E-state index < -0.39 is 0 Å². The van der Waals surface area contributed by atoms with Crippen LogP contribution >= 0.6 is 0 Å². The van der Waals surface area contributed by atoms with Gasteiger partial charge in [-0.3, -0.25) is 4.79 Å². The molecule has 0 unspecified atom stereocenters. The van der Waals surface area contributed by atoms with E-state index in [0.717, 1.165) is 31.0 Å². The van der Waals surface area contributed by atoms with Crippen LogP contribution in [0.1, 0.15) is 32.6 Å². The number of nitrogens with one attached hydrogen (secondary N) is 1. The van der Waals surface area contributed by atoms with E-state index in [-0.39, 0.29) is 5.91 Å². The van der Waals surface area contributed by atoms with Crippen LogP contribution in [0.5, 0.6) is 5.75 Å². The molecule has 0 aliphatic carbocycles. The van der Waals surface area contributed by atoms with E-state index in [9.17, 15) is 4.79 Å². The summed E-state index contributed by atoms with van der Waals surface area (Å²) in [6, 6.07) is 7.46. The highest BCUT2D eigenvalue weighted by molar-refractivity contribution is 5.88. The molecule has 0 aliphatic rings. The van der Waals surface area contributed by atoms with E-state index in [2.05, 4.69) is 14.9 Å². The quantitative estimate of drug-likeness (QED) is 0.721. The first-order valence-electron chi connectivity index (χ1n) is 7.70. The highest BCUT2D eigenvalue weighted by Gasteiger charge is 1.98. The van der Waals surface area contributed by atoms with Gasteiger partial charge in [-0.1, -0.05) is 12.8 Å². The summed E-state index contributed by atoms with van der Waals surface area (Å²) in [5.74, 6) is 0.775. The molecule has 1 N–H and O–H groups in total. The Labute approximate surface area is 131 Å². The lowest BCUT2D eigenvalue weighted by atomic mass is 10.2. The van der Waals surface area contributed by atoms with Gasteiger partial charge in [-0.25, -0.2) is 4.98 Å². The van der Waals surface area contributed by atoms with Crippen molar-refractivity contribution >= 4 is 11.6 Å². The zero-order chi connectivity index (χ0) is 15.6. The summed E-state index contributed by atoms with van der Waals surface area (Å²) in [4.78, 5) is 14.9. The van der Waals surface area contributed by atoms with Crippen molar-refractivity contribution in [3.63, 3.8) is 0 Å². The third-order valence-electron chi connectivity index (χ3n) is 3.31. The number of benzene rings is 1. The first-order valence-corrected chi connectivity index (χ1v) is 7.70. The summed E-state index contributed by atoms with van der Waals surface area (Å²) in [5.41, 5.74) is 0.791. The number of nitrogens with zero attached hydrogens (tertiary/aromatic N) is 2. The number of aryl methyl sites for hydroxylation is 1. The van der Waals surface area contributed by atoms with Crippen molar-refractivity contribution in [3.8, 4) is 5.75 Å². The number of hydrogen-bond donors (Lipinski definition) is 1. The molecule has 1 heterocycles. The first-order chi connectivity index (χ1) is 10.7. The van der Waals surface area contributed by atoms with Gasteiger partial charge in [-0.05, 0) is 37.1 Å². The third-order valence-corrected chi connectivity index (χ3v) is 3.31. The summed E-state index contributed by atoms with van der Waals surface area (Å²) in [6.07, 6.45) is 10.2. The minimum Gasteiger partial charge on any atom is -0.494 e. The number of aromatic nitrogens is 2. The Hall–Kier alpha value is -2.30. The van der Waals surface area contributed by atoms with E-state index in [1.165, 1.54) is 26.2 Å². The molecule has 0 fully saturated rings. The predicted octanol–water partition coefficient (Wildman–Crippen LogP) is 3.48. The maximum Gasteiger partial charge on any atom is 0.221 e. The van der Waals surface area contributed by atoms with E-state index >= 15 is 0 Å². The van der Waals surface area contributed by atoms with Crippen molar-refractivity contribution in [2.24, 2.45) is 0 Å². The third kappa shape index (κ3) is 5.99. The van der Waals surface area contributed by atoms with Gasteiger partial charge < -0.3 is 14.6 Å². The van der Waals surface area contributed by atoms with Crippen LogP contribution in [0.2, 0.25) is 0 Å². The molecule has 0 bridgehead atoms. The minimum absolute atomic E-state index is 0.0654. The van der Waals surface area contributed by atoms with Crippen molar-refractivity contribution in [1.82, 2.24) is 9.55 Å². The minimum atomic E-state index is -0.0654. The summed E-state index contributed by atoms with van der Waals surface area (Å²) < 4.78 is 7.79. The Morgan fingerprint density at radius 2 is 1.95 bits per heavy atom. The zero-order valence-corrected chi connectivity index (χ0v) is 13.0. The van der Waals surface area contributed by atoms with E-state index in [0.29, 0.717) is 0 Å². The average Bonchev–Trinajstić information content (AvgIpc) is 3.01. The van der Waals surface area contributed by atoms with Crippen molar-refractivity contribution in [2.75, 3.05) is 11.9 Å². The molecular weight excluding hydrogens is 278 g/mol. The fourth-order valence-electron chi connectivity index (χ4n) is 2.20. The number of carbonyl (C=O) groups excluding carboxylic acids is 1. The van der Waals surface area contributed by atoms with Crippen LogP contribution in [0.4, 0.5) is 5.69 Å². The van der Waals surface area contributed by atoms with Crippen molar-refractivity contribution in [1.29, 1.82) is 0 Å². The van der Waals surface area contributed by atoms with Gasteiger partial charge in [-0.2, -0.15) is 0 Å². The van der Waals surface area contributed by atoms with Gasteiger partial charge in [0.25, 0.3) is 0 Å². The van der Waals surface area contributed by atoms with Crippen LogP contribution in [-0.4, -0.2) is 22.1 Å². The molecule has 5 nitrogen and oxygen atoms in total. The number of rotatable bonds is 9. The van der Waals surface area contributed by atoms with Gasteiger partial charge in [0.2, 0.25) is 5.91 Å². The molecule has 0 saturated carbocycles. The monoisotopic (exact) mass is 301 g/mol. The number of hydrogen-bond acceptors (Lipinski definition) is 3. The number of carbonyl (C=O) groups is 1. The van der Waals surface area contributed by atoms with Gasteiger partial charge in [0.1, 0.15) is 5.75 Å². The number of imidazole rings is 1. The van der Waals surface area contributed by atoms with E-state index in [1.807, 2.05) is 43.0 Å². The van der Waals surface area contributed by atoms with Crippen LogP contribution in [-0.2, 0) is 11.3 Å². The molecule has 1 aromatic heterocycles. The van der Waals surface area contributed by atoms with E-state index in [4.69, 9.17) is 4.74 Å². The van der Waals surface area contributed by atoms with Crippen LogP contribution in [0, 0.1) is 0 Å². The van der Waals surface area contributed by atoms with Crippen LogP contribution < -0.4 is 10.1 Å². The summed E-state index contributed by atoms with van der Waals surface area (Å²) in [5, 5.41) is 2.73. The second-order valence-corrected chi connectivity index (χ2v) is 5.27. The van der Waals surface area contributed by atoms with Gasteiger partial charge in [-0.15, -0.1) is 0 Å². The van der Waals surface area contributed by atoms with Gasteiger partial charge in [0, 0.05) is 31.5 Å². The average molecular weight is 301 g/mol. The molecule has 5 heteroatoms. The normalized spacial score (nSPS) is 10.4. The number of anilines is 1. The van der Waals surface area contributed by atoms with Crippen molar-refractivity contribution in [2.45, 2.75) is 39.2 Å². The Morgan fingerprint density at radius 3 is 2.64 bits per heavy atom. The largest absolute Gasteiger partial charge is 0.494 e. The van der Waals surface area contributed by atoms with Crippen LogP contribution in [0.15, 0.2) is 43.0 Å². The highest BCUT2D eigenvalue weighted by Crippen LogP contribution is 2.16. The fraction of sp³-hybridized carbons (Fsp3) is 0.412. The molecule has 0 saturated heterocycles. The van der Waals surface area contributed by atoms with Crippen molar-refractivity contribution in [3.05, 3.63) is 43.0 Å². The zero-order valence-electron chi connectivity index (χ0n) is 13.0. The standard InChI is InChI=1S/C17H23N3O2/c1-15(21)19-16-6-8-17(9-7-16)22-13-5-3-2-4-11-20-12-10-18-14-20/h6-10,12,14H,2-5,11,13H2,1H3,(H,19,21). The maximum absolute atomic E-state index is 10.9. The molecule has 0 atom stereocenters. The smallest absolute Gasteiger partial charge is 0.221 e. The molecule has 118 valence electrons. The number of ether oxygens (including phenoxy) is 1. The molecule has 2 rings (SSSR count). The predicted molar refractivity (Wildman–Crippen MR) is 86.9 cm³/mol. The lowest BCUT2D eigenvalue weighted by Gasteiger charge is -2.07. The van der Waals surface area contributed by atoms with Gasteiger partial charge >= 0.3 is 0 Å². The van der Waals surface area contributed by atoms with Crippen molar-refractivity contribution < 1.29 is 9.53 Å². The second kappa shape index (κ2) is 8.87. The molecule has 22 heavy (non-hydrogen) atoms. The Balaban J connectivity index is 1.53. The topological polar surface area (TPSA) is 56.1 Å². The molecule has 0 spiro atoms. The molecular formula is C17H23N3O2. The molecule has 1 aromatic carbocycles. The van der Waals surface area contributed by atoms with Gasteiger partial charge in [0.05, 0.1) is 12.9 Å². The maximum atomic E-state index is 10.9.